The topological polar surface area (TPSA) is 49.4 Å². The Hall–Kier alpha value is -2.83. The first-order valence-corrected chi connectivity index (χ1v) is 9.22. The first kappa shape index (κ1) is 18.5. The Bertz CT molecular complexity index is 935. The number of fused-ring (bicyclic) bond motifs is 1. The van der Waals surface area contributed by atoms with Gasteiger partial charge in [-0.05, 0) is 54.7 Å². The van der Waals surface area contributed by atoms with E-state index in [2.05, 4.69) is 5.32 Å². The first-order valence-electron chi connectivity index (χ1n) is 9.22. The van der Waals surface area contributed by atoms with Crippen molar-refractivity contribution in [2.75, 3.05) is 11.4 Å². The molecule has 0 aromatic heterocycles. The highest BCUT2D eigenvalue weighted by Crippen LogP contribution is 2.37. The molecular formula is C21H19F3N2O2. The molecule has 0 spiro atoms. The Morgan fingerprint density at radius 1 is 1.11 bits per heavy atom. The molecule has 146 valence electrons. The van der Waals surface area contributed by atoms with Gasteiger partial charge in [-0.1, -0.05) is 18.2 Å². The highest BCUT2D eigenvalue weighted by atomic mass is 19.4. The lowest BCUT2D eigenvalue weighted by Crippen LogP contribution is -2.30. The van der Waals surface area contributed by atoms with Gasteiger partial charge in [-0.15, -0.1) is 0 Å². The molecule has 1 N–H and O–H groups in total. The maximum atomic E-state index is 12.8. The maximum absolute atomic E-state index is 12.8. The van der Waals surface area contributed by atoms with E-state index >= 15 is 0 Å². The number of hydrogen-bond acceptors (Lipinski definition) is 2. The number of rotatable bonds is 4. The Kier molecular flexibility index (Phi) is 4.61. The van der Waals surface area contributed by atoms with Gasteiger partial charge in [-0.3, -0.25) is 9.59 Å². The van der Waals surface area contributed by atoms with Crippen molar-refractivity contribution >= 4 is 17.5 Å². The summed E-state index contributed by atoms with van der Waals surface area (Å²) in [5, 5.41) is 2.69. The maximum Gasteiger partial charge on any atom is 0.416 e. The van der Waals surface area contributed by atoms with E-state index in [-0.39, 0.29) is 24.3 Å². The standard InChI is InChI=1S/C21H19F3N2O2/c22-21(23,24)15-4-1-3-13(11-15)12-25-19(27)17-5-2-6-18-16(17)9-10-26(18)20(28)14-7-8-14/h1-6,11,14H,7-10,12H2,(H,25,27). The van der Waals surface area contributed by atoms with Gasteiger partial charge >= 0.3 is 6.18 Å². The SMILES string of the molecule is O=C(NCc1cccc(C(F)(F)F)c1)c1cccc2c1CCN2C(=O)C1CC1. The Morgan fingerprint density at radius 2 is 1.86 bits per heavy atom. The highest BCUT2D eigenvalue weighted by Gasteiger charge is 2.37. The van der Waals surface area contributed by atoms with E-state index in [1.807, 2.05) is 6.07 Å². The van der Waals surface area contributed by atoms with Gasteiger partial charge in [-0.2, -0.15) is 13.2 Å². The molecule has 0 saturated heterocycles. The van der Waals surface area contributed by atoms with E-state index in [0.717, 1.165) is 36.2 Å². The second-order valence-electron chi connectivity index (χ2n) is 7.20. The van der Waals surface area contributed by atoms with Gasteiger partial charge in [0, 0.05) is 30.3 Å². The molecule has 2 amide bonds. The Balaban J connectivity index is 1.49. The normalized spacial score (nSPS) is 16.0. The largest absolute Gasteiger partial charge is 0.416 e. The first-order chi connectivity index (χ1) is 13.3. The molecule has 1 aliphatic carbocycles. The van der Waals surface area contributed by atoms with Crippen molar-refractivity contribution in [3.8, 4) is 0 Å². The molecule has 1 heterocycles. The van der Waals surface area contributed by atoms with Gasteiger partial charge < -0.3 is 10.2 Å². The Morgan fingerprint density at radius 3 is 2.57 bits per heavy atom. The van der Waals surface area contributed by atoms with E-state index in [9.17, 15) is 22.8 Å². The summed E-state index contributed by atoms with van der Waals surface area (Å²) in [5.74, 6) is -0.139. The number of hydrogen-bond donors (Lipinski definition) is 1. The van der Waals surface area contributed by atoms with Gasteiger partial charge in [0.15, 0.2) is 0 Å². The molecule has 1 aliphatic heterocycles. The van der Waals surface area contributed by atoms with Crippen LogP contribution >= 0.6 is 0 Å². The number of amides is 2. The minimum Gasteiger partial charge on any atom is -0.348 e. The van der Waals surface area contributed by atoms with Crippen LogP contribution in [0.1, 0.15) is 39.9 Å². The summed E-state index contributed by atoms with van der Waals surface area (Å²) in [7, 11) is 0. The number of halogens is 3. The molecule has 2 aromatic rings. The number of carbonyl (C=O) groups is 2. The molecule has 0 bridgehead atoms. The van der Waals surface area contributed by atoms with Crippen LogP contribution in [0.2, 0.25) is 0 Å². The number of anilines is 1. The predicted octanol–water partition coefficient (Wildman–Crippen LogP) is 3.93. The fourth-order valence-corrected chi connectivity index (χ4v) is 3.56. The van der Waals surface area contributed by atoms with Crippen molar-refractivity contribution < 1.29 is 22.8 Å². The number of benzene rings is 2. The van der Waals surface area contributed by atoms with Crippen molar-refractivity contribution in [3.05, 3.63) is 64.7 Å². The average molecular weight is 388 g/mol. The van der Waals surface area contributed by atoms with Crippen LogP contribution in [0, 0.1) is 5.92 Å². The van der Waals surface area contributed by atoms with Crippen LogP contribution in [0.3, 0.4) is 0 Å². The fourth-order valence-electron chi connectivity index (χ4n) is 3.56. The predicted molar refractivity (Wildman–Crippen MR) is 97.8 cm³/mol. The summed E-state index contributed by atoms with van der Waals surface area (Å²) >= 11 is 0. The third kappa shape index (κ3) is 3.61. The molecular weight excluding hydrogens is 369 g/mol. The number of carbonyl (C=O) groups excluding carboxylic acids is 2. The van der Waals surface area contributed by atoms with Gasteiger partial charge in [-0.25, -0.2) is 0 Å². The molecule has 0 radical (unpaired) electrons. The van der Waals surface area contributed by atoms with E-state index in [1.54, 1.807) is 23.1 Å². The summed E-state index contributed by atoms with van der Waals surface area (Å²) in [5.41, 5.74) is 1.69. The van der Waals surface area contributed by atoms with Crippen molar-refractivity contribution in [2.24, 2.45) is 5.92 Å². The summed E-state index contributed by atoms with van der Waals surface area (Å²) in [6, 6.07) is 10.2. The van der Waals surface area contributed by atoms with Crippen LogP contribution < -0.4 is 10.2 Å². The minimum absolute atomic E-state index is 0.00284. The number of alkyl halides is 3. The van der Waals surface area contributed by atoms with Gasteiger partial charge in [0.25, 0.3) is 5.91 Å². The van der Waals surface area contributed by atoms with E-state index in [1.165, 1.54) is 6.07 Å². The molecule has 7 heteroatoms. The lowest BCUT2D eigenvalue weighted by Gasteiger charge is -2.17. The van der Waals surface area contributed by atoms with Crippen LogP contribution in [0.15, 0.2) is 42.5 Å². The number of nitrogens with zero attached hydrogens (tertiary/aromatic N) is 1. The van der Waals surface area contributed by atoms with Crippen molar-refractivity contribution in [1.82, 2.24) is 5.32 Å². The lowest BCUT2D eigenvalue weighted by molar-refractivity contribution is -0.137. The van der Waals surface area contributed by atoms with E-state index in [0.29, 0.717) is 24.1 Å². The van der Waals surface area contributed by atoms with Gasteiger partial charge in [0.1, 0.15) is 0 Å². The summed E-state index contributed by atoms with van der Waals surface area (Å²) < 4.78 is 38.5. The zero-order valence-corrected chi connectivity index (χ0v) is 15.1. The summed E-state index contributed by atoms with van der Waals surface area (Å²) in [6.45, 7) is 0.555. The molecule has 2 aliphatic rings. The van der Waals surface area contributed by atoms with Crippen molar-refractivity contribution in [3.63, 3.8) is 0 Å². The summed E-state index contributed by atoms with van der Waals surface area (Å²) in [6.07, 6.45) is -1.98. The molecule has 1 saturated carbocycles. The molecule has 4 rings (SSSR count). The second kappa shape index (κ2) is 6.96. The highest BCUT2D eigenvalue weighted by molar-refractivity contribution is 6.02. The Labute approximate surface area is 160 Å². The van der Waals surface area contributed by atoms with Crippen LogP contribution in [0.4, 0.5) is 18.9 Å². The second-order valence-corrected chi connectivity index (χ2v) is 7.20. The minimum atomic E-state index is -4.42. The molecule has 28 heavy (non-hydrogen) atoms. The third-order valence-electron chi connectivity index (χ3n) is 5.17. The van der Waals surface area contributed by atoms with Crippen LogP contribution in [0.5, 0.6) is 0 Å². The molecule has 1 fully saturated rings. The van der Waals surface area contributed by atoms with Gasteiger partial charge in [0.2, 0.25) is 5.91 Å². The van der Waals surface area contributed by atoms with Crippen LogP contribution in [0.25, 0.3) is 0 Å². The van der Waals surface area contributed by atoms with Crippen LogP contribution in [-0.2, 0) is 23.9 Å². The van der Waals surface area contributed by atoms with Gasteiger partial charge in [0.05, 0.1) is 5.56 Å². The van der Waals surface area contributed by atoms with Crippen molar-refractivity contribution in [1.29, 1.82) is 0 Å². The van der Waals surface area contributed by atoms with E-state index < -0.39 is 11.7 Å². The quantitative estimate of drug-likeness (QED) is 0.863. The smallest absolute Gasteiger partial charge is 0.348 e. The van der Waals surface area contributed by atoms with Crippen LogP contribution in [-0.4, -0.2) is 18.4 Å². The average Bonchev–Trinajstić information content (AvgIpc) is 3.43. The third-order valence-corrected chi connectivity index (χ3v) is 5.17. The zero-order valence-electron chi connectivity index (χ0n) is 15.1. The fraction of sp³-hybridized carbons (Fsp3) is 0.333. The summed E-state index contributed by atoms with van der Waals surface area (Å²) in [4.78, 5) is 26.8. The lowest BCUT2D eigenvalue weighted by atomic mass is 10.0. The molecule has 0 unspecified atom stereocenters. The molecule has 0 atom stereocenters. The monoisotopic (exact) mass is 388 g/mol. The number of nitrogens with one attached hydrogen (secondary N) is 1. The van der Waals surface area contributed by atoms with Crippen molar-refractivity contribution in [2.45, 2.75) is 32.0 Å². The molecule has 2 aromatic carbocycles. The molecule has 4 nitrogen and oxygen atoms in total. The zero-order chi connectivity index (χ0) is 19.9. The van der Waals surface area contributed by atoms with E-state index in [4.69, 9.17) is 0 Å².